The van der Waals surface area contributed by atoms with E-state index >= 15 is 0 Å². The highest BCUT2D eigenvalue weighted by Gasteiger charge is 2.22. The number of benzene rings is 2. The number of nitrogens with zero attached hydrogens (tertiary/aromatic N) is 3. The van der Waals surface area contributed by atoms with E-state index in [1.54, 1.807) is 0 Å². The largest absolute Gasteiger partial charge is 0.494 e. The van der Waals surface area contributed by atoms with Gasteiger partial charge >= 0.3 is 0 Å². The van der Waals surface area contributed by atoms with Crippen molar-refractivity contribution in [2.24, 2.45) is 0 Å². The number of amides is 1. The summed E-state index contributed by atoms with van der Waals surface area (Å²) < 4.78 is 17.8. The summed E-state index contributed by atoms with van der Waals surface area (Å²) in [7, 11) is 0. The van der Waals surface area contributed by atoms with Gasteiger partial charge in [0.25, 0.3) is 0 Å². The van der Waals surface area contributed by atoms with Gasteiger partial charge < -0.3 is 14.2 Å². The third-order valence-corrected chi connectivity index (χ3v) is 6.80. The Kier molecular flexibility index (Phi) is 8.73. The van der Waals surface area contributed by atoms with Gasteiger partial charge in [-0.25, -0.2) is 4.98 Å². The molecule has 4 rings (SSSR count). The molecule has 0 unspecified atom stereocenters. The molecule has 1 saturated heterocycles. The number of fused-ring (bicyclic) bond motifs is 1. The predicted molar refractivity (Wildman–Crippen MR) is 136 cm³/mol. The van der Waals surface area contributed by atoms with E-state index in [4.69, 9.17) is 19.2 Å². The summed E-state index contributed by atoms with van der Waals surface area (Å²) in [5.41, 5.74) is 1.78. The van der Waals surface area contributed by atoms with Crippen LogP contribution in [0.25, 0.3) is 10.2 Å². The molecule has 1 amide bonds. The summed E-state index contributed by atoms with van der Waals surface area (Å²) in [6.07, 6.45) is 1.20. The molecule has 0 atom stereocenters. The molecule has 3 aromatic rings. The lowest BCUT2D eigenvalue weighted by molar-refractivity contribution is -0.118. The van der Waals surface area contributed by atoms with Crippen molar-refractivity contribution in [2.75, 3.05) is 57.5 Å². The lowest BCUT2D eigenvalue weighted by atomic mass is 10.1. The molecule has 0 N–H and O–H groups in total. The van der Waals surface area contributed by atoms with Crippen LogP contribution in [0.2, 0.25) is 0 Å². The van der Waals surface area contributed by atoms with Crippen molar-refractivity contribution in [1.29, 1.82) is 0 Å². The Hall–Kier alpha value is -2.68. The van der Waals surface area contributed by atoms with Gasteiger partial charge in [0.1, 0.15) is 17.0 Å². The standard InChI is InChI=1S/C26H33N3O4S/c1-3-32-21-11-9-20(10-12-21)19-24(30)29(14-6-13-28-15-17-31-18-16-28)26-27-25-22(33-4-2)7-5-8-23(25)34-26/h5,7-12H,3-4,6,13-19H2,1-2H3. The Labute approximate surface area is 205 Å². The molecule has 2 aromatic carbocycles. The zero-order valence-corrected chi connectivity index (χ0v) is 20.8. The highest BCUT2D eigenvalue weighted by Crippen LogP contribution is 2.34. The van der Waals surface area contributed by atoms with Gasteiger partial charge in [0.2, 0.25) is 5.91 Å². The lowest BCUT2D eigenvalue weighted by Gasteiger charge is -2.27. The number of morpholine rings is 1. The zero-order valence-electron chi connectivity index (χ0n) is 20.0. The summed E-state index contributed by atoms with van der Waals surface area (Å²) in [6, 6.07) is 13.7. The van der Waals surface area contributed by atoms with E-state index in [1.807, 2.05) is 61.2 Å². The number of hydrogen-bond donors (Lipinski definition) is 0. The van der Waals surface area contributed by atoms with Crippen molar-refractivity contribution in [1.82, 2.24) is 9.88 Å². The molecule has 0 radical (unpaired) electrons. The monoisotopic (exact) mass is 483 g/mol. The van der Waals surface area contributed by atoms with Crippen LogP contribution >= 0.6 is 11.3 Å². The van der Waals surface area contributed by atoms with Crippen LogP contribution in [0.4, 0.5) is 5.13 Å². The van der Waals surface area contributed by atoms with E-state index in [9.17, 15) is 4.79 Å². The Morgan fingerprint density at radius 1 is 1.09 bits per heavy atom. The van der Waals surface area contributed by atoms with Crippen LogP contribution in [0.5, 0.6) is 11.5 Å². The Morgan fingerprint density at radius 2 is 1.85 bits per heavy atom. The number of carbonyl (C=O) groups is 1. The molecule has 182 valence electrons. The fourth-order valence-electron chi connectivity index (χ4n) is 4.04. The van der Waals surface area contributed by atoms with E-state index in [2.05, 4.69) is 4.90 Å². The van der Waals surface area contributed by atoms with Gasteiger partial charge in [-0.15, -0.1) is 0 Å². The Morgan fingerprint density at radius 3 is 2.59 bits per heavy atom. The van der Waals surface area contributed by atoms with Gasteiger partial charge in [-0.2, -0.15) is 0 Å². The number of aromatic nitrogens is 1. The molecule has 0 bridgehead atoms. The van der Waals surface area contributed by atoms with Crippen LogP contribution in [0.15, 0.2) is 42.5 Å². The summed E-state index contributed by atoms with van der Waals surface area (Å²) in [5, 5.41) is 0.722. The number of para-hydroxylation sites is 1. The van der Waals surface area contributed by atoms with E-state index < -0.39 is 0 Å². The van der Waals surface area contributed by atoms with Crippen molar-refractivity contribution in [2.45, 2.75) is 26.7 Å². The minimum atomic E-state index is 0.0446. The van der Waals surface area contributed by atoms with Gasteiger partial charge in [-0.05, 0) is 50.1 Å². The van der Waals surface area contributed by atoms with Crippen molar-refractivity contribution in [3.63, 3.8) is 0 Å². The van der Waals surface area contributed by atoms with E-state index in [1.165, 1.54) is 11.3 Å². The second-order valence-electron chi connectivity index (χ2n) is 8.14. The van der Waals surface area contributed by atoms with Crippen LogP contribution in [-0.4, -0.2) is 68.4 Å². The molecule has 34 heavy (non-hydrogen) atoms. The van der Waals surface area contributed by atoms with E-state index in [0.29, 0.717) is 26.2 Å². The maximum absolute atomic E-state index is 13.5. The van der Waals surface area contributed by atoms with Crippen LogP contribution in [-0.2, 0) is 16.0 Å². The van der Waals surface area contributed by atoms with Crippen molar-refractivity contribution < 1.29 is 19.0 Å². The van der Waals surface area contributed by atoms with Crippen LogP contribution in [0.1, 0.15) is 25.8 Å². The Balaban J connectivity index is 1.52. The zero-order chi connectivity index (χ0) is 23.8. The number of hydrogen-bond acceptors (Lipinski definition) is 7. The molecule has 8 heteroatoms. The second-order valence-corrected chi connectivity index (χ2v) is 9.15. The molecule has 0 spiro atoms. The molecule has 1 aliphatic heterocycles. The summed E-state index contributed by atoms with van der Waals surface area (Å²) in [5.74, 6) is 1.62. The van der Waals surface area contributed by atoms with E-state index in [0.717, 1.165) is 71.7 Å². The number of carbonyl (C=O) groups excluding carboxylic acids is 1. The van der Waals surface area contributed by atoms with Crippen molar-refractivity contribution in [3.05, 3.63) is 48.0 Å². The van der Waals surface area contributed by atoms with Crippen LogP contribution in [0, 0.1) is 0 Å². The van der Waals surface area contributed by atoms with Crippen molar-refractivity contribution in [3.8, 4) is 11.5 Å². The van der Waals surface area contributed by atoms with Crippen molar-refractivity contribution >= 4 is 32.6 Å². The minimum Gasteiger partial charge on any atom is -0.494 e. The smallest absolute Gasteiger partial charge is 0.233 e. The molecular weight excluding hydrogens is 450 g/mol. The first-order chi connectivity index (χ1) is 16.7. The molecule has 1 aliphatic rings. The lowest BCUT2D eigenvalue weighted by Crippen LogP contribution is -2.39. The number of ether oxygens (including phenoxy) is 3. The first-order valence-electron chi connectivity index (χ1n) is 12.0. The number of anilines is 1. The highest BCUT2D eigenvalue weighted by atomic mass is 32.1. The van der Waals surface area contributed by atoms with E-state index in [-0.39, 0.29) is 5.91 Å². The van der Waals surface area contributed by atoms with Gasteiger partial charge in [-0.3, -0.25) is 14.6 Å². The summed E-state index contributed by atoms with van der Waals surface area (Å²) in [6.45, 7) is 10.1. The topological polar surface area (TPSA) is 64.1 Å². The molecule has 7 nitrogen and oxygen atoms in total. The second kappa shape index (κ2) is 12.1. The summed E-state index contributed by atoms with van der Waals surface area (Å²) >= 11 is 1.54. The molecule has 1 aromatic heterocycles. The normalized spacial score (nSPS) is 14.3. The van der Waals surface area contributed by atoms with Gasteiger partial charge in [0, 0.05) is 26.2 Å². The third-order valence-electron chi connectivity index (χ3n) is 5.75. The maximum Gasteiger partial charge on any atom is 0.233 e. The minimum absolute atomic E-state index is 0.0446. The van der Waals surface area contributed by atoms with Gasteiger partial charge in [0.15, 0.2) is 5.13 Å². The third kappa shape index (κ3) is 6.25. The Bertz CT molecular complexity index is 1060. The average molecular weight is 484 g/mol. The fraction of sp³-hybridized carbons (Fsp3) is 0.462. The first kappa shape index (κ1) is 24.4. The predicted octanol–water partition coefficient (Wildman–Crippen LogP) is 4.39. The quantitative estimate of drug-likeness (QED) is 0.403. The molecule has 1 fully saturated rings. The molecule has 0 saturated carbocycles. The number of rotatable bonds is 11. The maximum atomic E-state index is 13.5. The average Bonchev–Trinajstić information content (AvgIpc) is 3.29. The van der Waals surface area contributed by atoms with Crippen LogP contribution < -0.4 is 14.4 Å². The van der Waals surface area contributed by atoms with Gasteiger partial charge in [0.05, 0.1) is 37.5 Å². The molecule has 0 aliphatic carbocycles. The fourth-order valence-corrected chi connectivity index (χ4v) is 5.07. The first-order valence-corrected chi connectivity index (χ1v) is 12.8. The van der Waals surface area contributed by atoms with Crippen LogP contribution in [0.3, 0.4) is 0 Å². The molecule has 2 heterocycles. The molecular formula is C26H33N3O4S. The van der Waals surface area contributed by atoms with Gasteiger partial charge in [-0.1, -0.05) is 29.5 Å². The summed E-state index contributed by atoms with van der Waals surface area (Å²) in [4.78, 5) is 22.6. The SMILES string of the molecule is CCOc1ccc(CC(=O)N(CCCN2CCOCC2)c2nc3c(OCC)cccc3s2)cc1. The highest BCUT2D eigenvalue weighted by molar-refractivity contribution is 7.22. The number of thiazole rings is 1.